The topological polar surface area (TPSA) is 46.1 Å². The molecule has 3 aromatic rings. The summed E-state index contributed by atoms with van der Waals surface area (Å²) in [5.41, 5.74) is 2.54. The van der Waals surface area contributed by atoms with Crippen LogP contribution in [-0.2, 0) is 13.0 Å². The van der Waals surface area contributed by atoms with E-state index in [2.05, 4.69) is 9.97 Å². The number of carbonyl (C=O) groups excluding carboxylic acids is 1. The average molecular weight is 317 g/mol. The number of benzene rings is 1. The van der Waals surface area contributed by atoms with Crippen molar-refractivity contribution in [3.8, 4) is 0 Å². The predicted octanol–water partition coefficient (Wildman–Crippen LogP) is 3.36. The third-order valence-electron chi connectivity index (χ3n) is 3.75. The average Bonchev–Trinajstić information content (AvgIpc) is 2.67. The summed E-state index contributed by atoms with van der Waals surface area (Å²) < 4.78 is 0. The Kier molecular flexibility index (Phi) is 5.30. The van der Waals surface area contributed by atoms with Gasteiger partial charge in [0, 0.05) is 36.6 Å². The van der Waals surface area contributed by atoms with Crippen LogP contribution in [0.25, 0.3) is 0 Å². The van der Waals surface area contributed by atoms with E-state index in [0.29, 0.717) is 25.1 Å². The minimum Gasteiger partial charge on any atom is -0.332 e. The molecule has 2 heterocycles. The molecule has 4 nitrogen and oxygen atoms in total. The van der Waals surface area contributed by atoms with E-state index in [9.17, 15) is 4.79 Å². The Morgan fingerprint density at radius 1 is 0.792 bits per heavy atom. The van der Waals surface area contributed by atoms with Crippen LogP contribution in [0.4, 0.5) is 0 Å². The molecule has 0 spiro atoms. The van der Waals surface area contributed by atoms with Crippen LogP contribution in [0.3, 0.4) is 0 Å². The quantitative estimate of drug-likeness (QED) is 0.700. The van der Waals surface area contributed by atoms with Gasteiger partial charge in [0.15, 0.2) is 0 Å². The summed E-state index contributed by atoms with van der Waals surface area (Å²) in [6, 6.07) is 20.9. The van der Waals surface area contributed by atoms with Crippen molar-refractivity contribution in [1.29, 1.82) is 0 Å². The Morgan fingerprint density at radius 3 is 2.04 bits per heavy atom. The molecule has 2 aromatic heterocycles. The summed E-state index contributed by atoms with van der Waals surface area (Å²) in [6.45, 7) is 1.09. The van der Waals surface area contributed by atoms with E-state index in [4.69, 9.17) is 0 Å². The third kappa shape index (κ3) is 4.26. The van der Waals surface area contributed by atoms with Crippen molar-refractivity contribution in [2.75, 3.05) is 6.54 Å². The molecule has 1 aromatic carbocycles. The van der Waals surface area contributed by atoms with Gasteiger partial charge in [0.05, 0.1) is 12.2 Å². The zero-order valence-electron chi connectivity index (χ0n) is 13.4. The van der Waals surface area contributed by atoms with Gasteiger partial charge < -0.3 is 4.90 Å². The summed E-state index contributed by atoms with van der Waals surface area (Å²) in [4.78, 5) is 23.4. The number of carbonyl (C=O) groups is 1. The number of pyridine rings is 2. The second-order valence-electron chi connectivity index (χ2n) is 5.48. The first-order valence-corrected chi connectivity index (χ1v) is 7.97. The highest BCUT2D eigenvalue weighted by atomic mass is 16.2. The molecule has 120 valence electrons. The monoisotopic (exact) mass is 317 g/mol. The van der Waals surface area contributed by atoms with E-state index < -0.39 is 0 Å². The lowest BCUT2D eigenvalue weighted by atomic mass is 10.1. The maximum Gasteiger partial charge on any atom is 0.254 e. The van der Waals surface area contributed by atoms with Crippen molar-refractivity contribution in [3.05, 3.63) is 96.1 Å². The van der Waals surface area contributed by atoms with Crippen LogP contribution in [0, 0.1) is 0 Å². The van der Waals surface area contributed by atoms with Crippen LogP contribution in [0.15, 0.2) is 79.1 Å². The van der Waals surface area contributed by atoms with Gasteiger partial charge in [-0.3, -0.25) is 14.8 Å². The smallest absolute Gasteiger partial charge is 0.254 e. The lowest BCUT2D eigenvalue weighted by Crippen LogP contribution is -2.33. The molecular weight excluding hydrogens is 298 g/mol. The third-order valence-corrected chi connectivity index (χ3v) is 3.75. The molecule has 0 saturated heterocycles. The normalized spacial score (nSPS) is 10.3. The summed E-state index contributed by atoms with van der Waals surface area (Å²) in [7, 11) is 0. The fraction of sp³-hybridized carbons (Fsp3) is 0.150. The molecule has 0 atom stereocenters. The molecule has 0 unspecified atom stereocenters. The molecule has 0 aliphatic heterocycles. The SMILES string of the molecule is O=C(c1ccccc1)N(CCc1ccccn1)Cc1ccccn1. The number of rotatable bonds is 6. The Labute approximate surface area is 141 Å². The van der Waals surface area contributed by atoms with Gasteiger partial charge in [-0.25, -0.2) is 0 Å². The van der Waals surface area contributed by atoms with Gasteiger partial charge in [0.2, 0.25) is 0 Å². The predicted molar refractivity (Wildman–Crippen MR) is 93.4 cm³/mol. The van der Waals surface area contributed by atoms with Crippen molar-refractivity contribution < 1.29 is 4.79 Å². The Bertz CT molecular complexity index is 761. The van der Waals surface area contributed by atoms with Gasteiger partial charge in [-0.15, -0.1) is 0 Å². The molecule has 0 radical (unpaired) electrons. The molecule has 0 saturated carbocycles. The lowest BCUT2D eigenvalue weighted by molar-refractivity contribution is 0.0742. The highest BCUT2D eigenvalue weighted by molar-refractivity contribution is 5.94. The second-order valence-corrected chi connectivity index (χ2v) is 5.48. The molecular formula is C20H19N3O. The second kappa shape index (κ2) is 8.02. The number of nitrogens with zero attached hydrogens (tertiary/aromatic N) is 3. The van der Waals surface area contributed by atoms with Gasteiger partial charge in [-0.1, -0.05) is 30.3 Å². The van der Waals surface area contributed by atoms with Crippen LogP contribution in [-0.4, -0.2) is 27.3 Å². The molecule has 24 heavy (non-hydrogen) atoms. The zero-order chi connectivity index (χ0) is 16.6. The van der Waals surface area contributed by atoms with E-state index in [0.717, 1.165) is 11.4 Å². The Morgan fingerprint density at radius 2 is 1.42 bits per heavy atom. The highest BCUT2D eigenvalue weighted by Crippen LogP contribution is 2.10. The molecule has 3 rings (SSSR count). The highest BCUT2D eigenvalue weighted by Gasteiger charge is 2.16. The first kappa shape index (κ1) is 15.9. The van der Waals surface area contributed by atoms with E-state index in [1.807, 2.05) is 71.6 Å². The molecule has 0 fully saturated rings. The fourth-order valence-electron chi connectivity index (χ4n) is 2.50. The molecule has 0 aliphatic carbocycles. The van der Waals surface area contributed by atoms with E-state index in [1.165, 1.54) is 0 Å². The van der Waals surface area contributed by atoms with Crippen LogP contribution >= 0.6 is 0 Å². The van der Waals surface area contributed by atoms with Gasteiger partial charge in [0.25, 0.3) is 5.91 Å². The number of amides is 1. The minimum absolute atomic E-state index is 0.0113. The summed E-state index contributed by atoms with van der Waals surface area (Å²) in [6.07, 6.45) is 4.24. The number of hydrogen-bond acceptors (Lipinski definition) is 3. The molecule has 4 heteroatoms. The van der Waals surface area contributed by atoms with Crippen LogP contribution < -0.4 is 0 Å². The Balaban J connectivity index is 1.76. The summed E-state index contributed by atoms with van der Waals surface area (Å²) in [5, 5.41) is 0. The van der Waals surface area contributed by atoms with Crippen LogP contribution in [0.1, 0.15) is 21.7 Å². The van der Waals surface area contributed by atoms with Gasteiger partial charge >= 0.3 is 0 Å². The number of aromatic nitrogens is 2. The van der Waals surface area contributed by atoms with Gasteiger partial charge in [-0.2, -0.15) is 0 Å². The van der Waals surface area contributed by atoms with E-state index in [-0.39, 0.29) is 5.91 Å². The fourth-order valence-corrected chi connectivity index (χ4v) is 2.50. The van der Waals surface area contributed by atoms with Crippen LogP contribution in [0.2, 0.25) is 0 Å². The van der Waals surface area contributed by atoms with Gasteiger partial charge in [-0.05, 0) is 36.4 Å². The lowest BCUT2D eigenvalue weighted by Gasteiger charge is -2.22. The molecule has 0 aliphatic rings. The minimum atomic E-state index is 0.0113. The van der Waals surface area contributed by atoms with Crippen molar-refractivity contribution in [1.82, 2.24) is 14.9 Å². The molecule has 1 amide bonds. The molecule has 0 bridgehead atoms. The van der Waals surface area contributed by atoms with Crippen molar-refractivity contribution in [2.24, 2.45) is 0 Å². The van der Waals surface area contributed by atoms with E-state index in [1.54, 1.807) is 12.4 Å². The largest absolute Gasteiger partial charge is 0.332 e. The van der Waals surface area contributed by atoms with Crippen molar-refractivity contribution in [2.45, 2.75) is 13.0 Å². The van der Waals surface area contributed by atoms with E-state index >= 15 is 0 Å². The van der Waals surface area contributed by atoms with Crippen molar-refractivity contribution in [3.63, 3.8) is 0 Å². The first-order valence-electron chi connectivity index (χ1n) is 7.97. The maximum absolute atomic E-state index is 12.8. The standard InChI is InChI=1S/C20H19N3O/c24-20(17-8-2-1-3-9-17)23(16-19-11-5-7-14-22-19)15-12-18-10-4-6-13-21-18/h1-11,13-14H,12,15-16H2. The van der Waals surface area contributed by atoms with Crippen LogP contribution in [0.5, 0.6) is 0 Å². The molecule has 0 N–H and O–H groups in total. The summed E-state index contributed by atoms with van der Waals surface area (Å²) in [5.74, 6) is 0.0113. The zero-order valence-corrected chi connectivity index (χ0v) is 13.4. The Hall–Kier alpha value is -3.01. The first-order chi connectivity index (χ1) is 11.8. The number of hydrogen-bond donors (Lipinski definition) is 0. The van der Waals surface area contributed by atoms with Crippen molar-refractivity contribution >= 4 is 5.91 Å². The van der Waals surface area contributed by atoms with Gasteiger partial charge in [0.1, 0.15) is 0 Å². The maximum atomic E-state index is 12.8. The summed E-state index contributed by atoms with van der Waals surface area (Å²) >= 11 is 0.